The van der Waals surface area contributed by atoms with Crippen LogP contribution in [0.3, 0.4) is 0 Å². The second kappa shape index (κ2) is 1.98. The molecule has 3 aliphatic rings. The van der Waals surface area contributed by atoms with Crippen LogP contribution in [0.4, 0.5) is 0 Å². The number of rotatable bonds is 1. The van der Waals surface area contributed by atoms with E-state index in [1.54, 1.807) is 0 Å². The zero-order valence-electron chi connectivity index (χ0n) is 6.41. The van der Waals surface area contributed by atoms with E-state index in [0.29, 0.717) is 10.8 Å². The lowest BCUT2D eigenvalue weighted by Gasteiger charge is -2.59. The Morgan fingerprint density at radius 2 is 2.10 bits per heavy atom. The molecular weight excluding hydrogens is 190 g/mol. The normalized spacial score (nSPS) is 52.2. The molecule has 10 heavy (non-hydrogen) atoms. The highest BCUT2D eigenvalue weighted by atomic mass is 79.9. The molecule has 2 heterocycles. The lowest BCUT2D eigenvalue weighted by Crippen LogP contribution is -2.61. The van der Waals surface area contributed by atoms with Crippen LogP contribution in [-0.2, 0) is 0 Å². The molecule has 1 saturated carbocycles. The molecule has 0 aromatic heterocycles. The summed E-state index contributed by atoms with van der Waals surface area (Å²) >= 11 is 3.59. The zero-order chi connectivity index (χ0) is 7.24. The lowest BCUT2D eigenvalue weighted by molar-refractivity contribution is -0.0440. The highest BCUT2D eigenvalue weighted by molar-refractivity contribution is 9.09. The molecule has 2 aliphatic heterocycles. The van der Waals surface area contributed by atoms with Gasteiger partial charge in [-0.3, -0.25) is 0 Å². The Bertz CT molecular complexity index is 149. The summed E-state index contributed by atoms with van der Waals surface area (Å²) in [5, 5.41) is 4.67. The van der Waals surface area contributed by atoms with Crippen LogP contribution in [0.15, 0.2) is 0 Å². The van der Waals surface area contributed by atoms with Crippen LogP contribution in [-0.4, -0.2) is 18.4 Å². The largest absolute Gasteiger partial charge is 0.316 e. The van der Waals surface area contributed by atoms with Crippen molar-refractivity contribution < 1.29 is 0 Å². The number of halogens is 1. The Balaban J connectivity index is 2.08. The molecule has 0 spiro atoms. The maximum Gasteiger partial charge on any atom is 0.0100 e. The molecule has 0 aromatic carbocycles. The number of hydrogen-bond acceptors (Lipinski definition) is 1. The van der Waals surface area contributed by atoms with Crippen LogP contribution in [0.1, 0.15) is 19.8 Å². The summed E-state index contributed by atoms with van der Waals surface area (Å²) in [7, 11) is 0. The van der Waals surface area contributed by atoms with Gasteiger partial charge in [-0.2, -0.15) is 0 Å². The first-order valence-electron chi connectivity index (χ1n) is 3.95. The minimum atomic E-state index is 0.632. The average Bonchev–Trinajstić information content (AvgIpc) is 1.86. The molecule has 0 unspecified atom stereocenters. The maximum absolute atomic E-state index is 3.59. The number of nitrogens with one attached hydrogen (secondary N) is 1. The van der Waals surface area contributed by atoms with Gasteiger partial charge in [0.05, 0.1) is 0 Å². The molecule has 3 rings (SSSR count). The maximum atomic E-state index is 3.59. The number of alkyl halides is 1. The first-order valence-corrected chi connectivity index (χ1v) is 5.07. The summed E-state index contributed by atoms with van der Waals surface area (Å²) in [6.07, 6.45) is 2.86. The van der Waals surface area contributed by atoms with E-state index < -0.39 is 0 Å². The predicted octanol–water partition coefficient (Wildman–Crippen LogP) is 1.77. The van der Waals surface area contributed by atoms with Gasteiger partial charge in [-0.05, 0) is 23.7 Å². The molecule has 2 heteroatoms. The van der Waals surface area contributed by atoms with Crippen molar-refractivity contribution in [3.05, 3.63) is 0 Å². The van der Waals surface area contributed by atoms with Gasteiger partial charge in [-0.25, -0.2) is 0 Å². The first-order chi connectivity index (χ1) is 4.68. The predicted molar refractivity (Wildman–Crippen MR) is 46.4 cm³/mol. The fourth-order valence-corrected chi connectivity index (χ4v) is 3.37. The minimum Gasteiger partial charge on any atom is -0.316 e. The molecule has 58 valence electrons. The van der Waals surface area contributed by atoms with Crippen molar-refractivity contribution in [2.45, 2.75) is 19.8 Å². The Morgan fingerprint density at radius 3 is 2.50 bits per heavy atom. The topological polar surface area (TPSA) is 12.0 Å². The van der Waals surface area contributed by atoms with Crippen LogP contribution < -0.4 is 5.32 Å². The second-order valence-corrected chi connectivity index (χ2v) is 4.96. The number of piperidine rings is 2. The summed E-state index contributed by atoms with van der Waals surface area (Å²) in [6.45, 7) is 4.86. The van der Waals surface area contributed by atoms with Gasteiger partial charge in [0, 0.05) is 18.4 Å². The summed E-state index contributed by atoms with van der Waals surface area (Å²) in [4.78, 5) is 0. The highest BCUT2D eigenvalue weighted by Gasteiger charge is 2.53. The van der Waals surface area contributed by atoms with E-state index in [1.807, 2.05) is 0 Å². The van der Waals surface area contributed by atoms with Gasteiger partial charge in [0.2, 0.25) is 0 Å². The summed E-state index contributed by atoms with van der Waals surface area (Å²) in [6, 6.07) is 0. The Morgan fingerprint density at radius 1 is 1.40 bits per heavy atom. The van der Waals surface area contributed by atoms with Crippen molar-refractivity contribution in [3.63, 3.8) is 0 Å². The molecule has 3 fully saturated rings. The molecule has 0 radical (unpaired) electrons. The van der Waals surface area contributed by atoms with Gasteiger partial charge in [0.25, 0.3) is 0 Å². The average molecular weight is 204 g/mol. The minimum absolute atomic E-state index is 0.632. The molecule has 0 atom stereocenters. The third-order valence-electron chi connectivity index (χ3n) is 2.94. The van der Waals surface area contributed by atoms with Crippen LogP contribution in [0, 0.1) is 10.8 Å². The molecule has 1 nitrogen and oxygen atoms in total. The van der Waals surface area contributed by atoms with Gasteiger partial charge in [0.15, 0.2) is 0 Å². The van der Waals surface area contributed by atoms with Crippen molar-refractivity contribution in [1.29, 1.82) is 0 Å². The molecule has 2 saturated heterocycles. The lowest BCUT2D eigenvalue weighted by atomic mass is 9.52. The second-order valence-electron chi connectivity index (χ2n) is 4.40. The van der Waals surface area contributed by atoms with E-state index in [-0.39, 0.29) is 0 Å². The van der Waals surface area contributed by atoms with E-state index >= 15 is 0 Å². The third kappa shape index (κ3) is 0.850. The fraction of sp³-hybridized carbons (Fsp3) is 1.00. The van der Waals surface area contributed by atoms with Gasteiger partial charge in [-0.15, -0.1) is 0 Å². The van der Waals surface area contributed by atoms with Crippen molar-refractivity contribution in [3.8, 4) is 0 Å². The smallest absolute Gasteiger partial charge is 0.0100 e. The number of fused-ring (bicyclic) bond motifs is 2. The summed E-state index contributed by atoms with van der Waals surface area (Å²) in [5.41, 5.74) is 1.28. The van der Waals surface area contributed by atoms with Gasteiger partial charge < -0.3 is 5.32 Å². The molecule has 2 bridgehead atoms. The number of hydrogen-bond donors (Lipinski definition) is 1. The molecule has 1 N–H and O–H groups in total. The molecular formula is C8H14BrN. The first kappa shape index (κ1) is 7.11. The van der Waals surface area contributed by atoms with E-state index in [4.69, 9.17) is 0 Å². The summed E-state index contributed by atoms with van der Waals surface area (Å²) < 4.78 is 0. The highest BCUT2D eigenvalue weighted by Crippen LogP contribution is 2.56. The molecule has 0 aromatic rings. The zero-order valence-corrected chi connectivity index (χ0v) is 8.00. The standard InChI is InChI=1S/C8H14BrN/c1-7-2-8(3-7,4-9)6-10-5-7/h10H,2-6H2,1H3. The van der Waals surface area contributed by atoms with E-state index in [1.165, 1.54) is 31.3 Å². The van der Waals surface area contributed by atoms with Gasteiger partial charge >= 0.3 is 0 Å². The summed E-state index contributed by atoms with van der Waals surface area (Å²) in [5.74, 6) is 0. The Kier molecular flexibility index (Phi) is 1.41. The molecule has 0 amide bonds. The van der Waals surface area contributed by atoms with Crippen LogP contribution >= 0.6 is 15.9 Å². The van der Waals surface area contributed by atoms with Crippen LogP contribution in [0.5, 0.6) is 0 Å². The van der Waals surface area contributed by atoms with E-state index in [2.05, 4.69) is 28.2 Å². The quantitative estimate of drug-likeness (QED) is 0.642. The fourth-order valence-electron chi connectivity index (χ4n) is 2.78. The van der Waals surface area contributed by atoms with Crippen LogP contribution in [0.2, 0.25) is 0 Å². The SMILES string of the molecule is CC12CNCC(CBr)(C1)C2. The third-order valence-corrected chi connectivity index (χ3v) is 4.13. The van der Waals surface area contributed by atoms with Gasteiger partial charge in [0.1, 0.15) is 0 Å². The Labute approximate surface area is 70.7 Å². The van der Waals surface area contributed by atoms with Crippen molar-refractivity contribution in [2.24, 2.45) is 10.8 Å². The Hall–Kier alpha value is 0.440. The monoisotopic (exact) mass is 203 g/mol. The van der Waals surface area contributed by atoms with Crippen molar-refractivity contribution in [2.75, 3.05) is 18.4 Å². The van der Waals surface area contributed by atoms with E-state index in [0.717, 1.165) is 0 Å². The van der Waals surface area contributed by atoms with E-state index in [9.17, 15) is 0 Å². The van der Waals surface area contributed by atoms with Crippen molar-refractivity contribution in [1.82, 2.24) is 5.32 Å². The molecule has 1 aliphatic carbocycles. The van der Waals surface area contributed by atoms with Gasteiger partial charge in [-0.1, -0.05) is 22.9 Å². The van der Waals surface area contributed by atoms with Crippen LogP contribution in [0.25, 0.3) is 0 Å². The van der Waals surface area contributed by atoms with Crippen molar-refractivity contribution >= 4 is 15.9 Å².